The Labute approximate surface area is 504 Å². The van der Waals surface area contributed by atoms with Crippen molar-refractivity contribution in [2.45, 2.75) is 328 Å². The molecule has 482 valence electrons. The third kappa shape index (κ3) is 51.7. The van der Waals surface area contributed by atoms with Crippen molar-refractivity contribution in [3.05, 3.63) is 0 Å². The van der Waals surface area contributed by atoms with E-state index in [2.05, 4.69) is 42.0 Å². The lowest BCUT2D eigenvalue weighted by atomic mass is 10.0. The Bertz CT molecular complexity index is 1720. The van der Waals surface area contributed by atoms with Crippen molar-refractivity contribution in [2.75, 3.05) is 24.7 Å². The first-order chi connectivity index (χ1) is 40.1. The van der Waals surface area contributed by atoms with E-state index in [1.165, 1.54) is 166 Å². The van der Waals surface area contributed by atoms with Crippen molar-refractivity contribution >= 4 is 65.2 Å². The zero-order valence-electron chi connectivity index (χ0n) is 52.0. The van der Waals surface area contributed by atoms with Crippen molar-refractivity contribution in [1.29, 1.82) is 0 Å². The van der Waals surface area contributed by atoms with Gasteiger partial charge in [0.25, 0.3) is 0 Å². The summed E-state index contributed by atoms with van der Waals surface area (Å²) in [7, 11) is 0. The van der Waals surface area contributed by atoms with Crippen LogP contribution in [0.4, 0.5) is 0 Å². The molecule has 0 spiro atoms. The first-order valence-corrected chi connectivity index (χ1v) is 34.0. The molecule has 19 heteroatoms. The molecule has 0 heterocycles. The number of thioether (sulfide) groups is 1. The maximum Gasteiger partial charge on any atom is 0.326 e. The number of nitrogens with one attached hydrogen (secondary N) is 4. The number of hydrogen-bond acceptors (Lipinski definition) is 12. The van der Waals surface area contributed by atoms with Gasteiger partial charge in [-0.3, -0.25) is 38.4 Å². The van der Waals surface area contributed by atoms with E-state index in [0.29, 0.717) is 19.3 Å². The first kappa shape index (κ1) is 78.6. The number of unbranched alkanes of at least 4 members (excludes halogenated alkanes) is 34. The molecule has 0 aromatic rings. The van der Waals surface area contributed by atoms with Crippen LogP contribution in [0.1, 0.15) is 303 Å². The van der Waals surface area contributed by atoms with E-state index in [9.17, 15) is 53.4 Å². The topological polar surface area (TPSA) is 281 Å². The molecule has 0 aliphatic heterocycles. The number of carboxylic acid groups (broad SMARTS) is 3. The summed E-state index contributed by atoms with van der Waals surface area (Å²) in [6.45, 7) is 5.69. The van der Waals surface area contributed by atoms with E-state index in [-0.39, 0.29) is 37.4 Å². The van der Waals surface area contributed by atoms with E-state index in [4.69, 9.17) is 14.6 Å². The van der Waals surface area contributed by atoms with E-state index in [1.54, 1.807) is 0 Å². The molecule has 0 radical (unpaired) electrons. The van der Waals surface area contributed by atoms with Crippen molar-refractivity contribution in [1.82, 2.24) is 21.3 Å². The highest BCUT2D eigenvalue weighted by atomic mass is 32.2. The largest absolute Gasteiger partial charge is 0.481 e. The molecule has 7 N–H and O–H groups in total. The fourth-order valence-electron chi connectivity index (χ4n) is 9.78. The molecular formula is C64H116N4O14S. The third-order valence-corrected chi connectivity index (χ3v) is 16.1. The molecule has 0 aliphatic carbocycles. The molecule has 0 rings (SSSR count). The minimum Gasteiger partial charge on any atom is -0.481 e. The summed E-state index contributed by atoms with van der Waals surface area (Å²) in [5.74, 6) is -7.99. The molecule has 18 nitrogen and oxygen atoms in total. The standard InChI is InChI=1S/C64H116N4O14S/c1-4-7-10-13-16-19-22-24-27-30-33-36-39-42-60(75)81-49-52(82-61(76)43-40-37-34-31-28-25-23-20-17-14-11-8-5-2)50-83-51-55(67-56(69)41-38-35-32-29-26-21-18-15-12-9-6-3)63(78)68-53(44-46-58(71)72)62(77)65-48-57(70)66-54(64(79)80)45-47-59(73)74/h52-55H,4-51H2,1-3H3,(H,65,77)(H,66,70)(H,67,69)(H,68,78)(H,71,72)(H,73,74)(H,79,80)/t52-,53-,54-,55?/m1/s1. The van der Waals surface area contributed by atoms with Gasteiger partial charge in [0.2, 0.25) is 23.6 Å². The number of amides is 4. The number of carboxylic acids is 3. The summed E-state index contributed by atoms with van der Waals surface area (Å²) >= 11 is 1.17. The highest BCUT2D eigenvalue weighted by molar-refractivity contribution is 7.99. The Kier molecular flexibility index (Phi) is 53.7. The van der Waals surface area contributed by atoms with E-state index >= 15 is 0 Å². The van der Waals surface area contributed by atoms with Crippen molar-refractivity contribution in [2.24, 2.45) is 0 Å². The van der Waals surface area contributed by atoms with Gasteiger partial charge in [0.1, 0.15) is 30.8 Å². The Morgan fingerprint density at radius 2 is 0.735 bits per heavy atom. The summed E-state index contributed by atoms with van der Waals surface area (Å²) < 4.78 is 11.6. The van der Waals surface area contributed by atoms with Crippen LogP contribution >= 0.6 is 11.8 Å². The molecule has 4 amide bonds. The van der Waals surface area contributed by atoms with Crippen LogP contribution in [0.2, 0.25) is 0 Å². The second-order valence-electron chi connectivity index (χ2n) is 22.8. The number of hydrogen-bond donors (Lipinski definition) is 7. The van der Waals surface area contributed by atoms with Gasteiger partial charge in [0.05, 0.1) is 6.54 Å². The van der Waals surface area contributed by atoms with Crippen LogP contribution in [0.25, 0.3) is 0 Å². The molecule has 0 aromatic heterocycles. The van der Waals surface area contributed by atoms with Gasteiger partial charge in [-0.15, -0.1) is 0 Å². The summed E-state index contributed by atoms with van der Waals surface area (Å²) in [6, 6.07) is -4.31. The monoisotopic (exact) mass is 1200 g/mol. The number of ether oxygens (including phenoxy) is 2. The summed E-state index contributed by atoms with van der Waals surface area (Å²) in [5, 5.41) is 37.7. The quantitative estimate of drug-likeness (QED) is 0.0220. The van der Waals surface area contributed by atoms with Gasteiger partial charge < -0.3 is 46.1 Å². The Morgan fingerprint density at radius 3 is 1.13 bits per heavy atom. The predicted molar refractivity (Wildman–Crippen MR) is 330 cm³/mol. The fraction of sp³-hybridized carbons (Fsp3) is 0.859. The third-order valence-electron chi connectivity index (χ3n) is 14.9. The number of rotatable bonds is 61. The zero-order chi connectivity index (χ0) is 61.4. The molecule has 0 bridgehead atoms. The average Bonchev–Trinajstić information content (AvgIpc) is 3.46. The molecule has 0 aliphatic rings. The van der Waals surface area contributed by atoms with Crippen molar-refractivity contribution in [3.8, 4) is 0 Å². The molecular weight excluding hydrogens is 1080 g/mol. The molecule has 0 saturated carbocycles. The number of carbonyl (C=O) groups excluding carboxylic acids is 6. The van der Waals surface area contributed by atoms with Gasteiger partial charge in [-0.2, -0.15) is 11.8 Å². The van der Waals surface area contributed by atoms with Crippen molar-refractivity contribution < 1.29 is 67.9 Å². The number of aliphatic carboxylic acids is 3. The van der Waals surface area contributed by atoms with Crippen LogP contribution in [-0.2, 0) is 52.6 Å². The minimum atomic E-state index is -1.56. The van der Waals surface area contributed by atoms with Gasteiger partial charge in [-0.05, 0) is 32.1 Å². The second kappa shape index (κ2) is 56.7. The van der Waals surface area contributed by atoms with Gasteiger partial charge >= 0.3 is 29.8 Å². The highest BCUT2D eigenvalue weighted by Crippen LogP contribution is 2.18. The van der Waals surface area contributed by atoms with Gasteiger partial charge in [0.15, 0.2) is 0 Å². The average molecular weight is 1200 g/mol. The minimum absolute atomic E-state index is 0.0712. The first-order valence-electron chi connectivity index (χ1n) is 32.9. The van der Waals surface area contributed by atoms with Gasteiger partial charge in [-0.25, -0.2) is 4.79 Å². The summed E-state index contributed by atoms with van der Waals surface area (Å²) in [4.78, 5) is 114. The van der Waals surface area contributed by atoms with E-state index in [0.717, 1.165) is 64.2 Å². The van der Waals surface area contributed by atoms with Gasteiger partial charge in [0, 0.05) is 43.6 Å². The lowest BCUT2D eigenvalue weighted by Gasteiger charge is -2.24. The molecule has 0 fully saturated rings. The fourth-order valence-corrected chi connectivity index (χ4v) is 10.8. The van der Waals surface area contributed by atoms with Crippen LogP contribution in [0.15, 0.2) is 0 Å². The zero-order valence-corrected chi connectivity index (χ0v) is 52.8. The lowest BCUT2D eigenvalue weighted by Crippen LogP contribution is -2.55. The maximum atomic E-state index is 14.1. The van der Waals surface area contributed by atoms with Crippen LogP contribution in [0, 0.1) is 0 Å². The number of carbonyl (C=O) groups is 9. The van der Waals surface area contributed by atoms with Crippen LogP contribution < -0.4 is 21.3 Å². The van der Waals surface area contributed by atoms with Crippen LogP contribution in [0.5, 0.6) is 0 Å². The Morgan fingerprint density at radius 1 is 0.373 bits per heavy atom. The lowest BCUT2D eigenvalue weighted by molar-refractivity contribution is -0.157. The molecule has 83 heavy (non-hydrogen) atoms. The van der Waals surface area contributed by atoms with Crippen molar-refractivity contribution in [3.63, 3.8) is 0 Å². The van der Waals surface area contributed by atoms with Crippen LogP contribution in [-0.4, -0.2) is 118 Å². The second-order valence-corrected chi connectivity index (χ2v) is 23.9. The molecule has 0 aromatic carbocycles. The summed E-state index contributed by atoms with van der Waals surface area (Å²) in [5.41, 5.74) is 0. The van der Waals surface area contributed by atoms with E-state index < -0.39 is 110 Å². The Balaban J connectivity index is 5.93. The van der Waals surface area contributed by atoms with Gasteiger partial charge in [-0.1, -0.05) is 239 Å². The Hall–Kier alpha value is -4.42. The highest BCUT2D eigenvalue weighted by Gasteiger charge is 2.29. The van der Waals surface area contributed by atoms with Crippen LogP contribution in [0.3, 0.4) is 0 Å². The molecule has 1 unspecified atom stereocenters. The SMILES string of the molecule is CCCCCCCCCCCCCCCC(=O)OC[C@H](CSCC(NC(=O)CCCCCCCCCCCCC)C(=O)N[C@H](CCC(=O)O)C(=O)NCC(=O)N[C@H](CCC(=O)O)C(=O)O)OC(=O)CCCCCCCCCCCCCCC. The number of esters is 2. The van der Waals surface area contributed by atoms with E-state index in [1.807, 2.05) is 0 Å². The predicted octanol–water partition coefficient (Wildman–Crippen LogP) is 13.2. The maximum absolute atomic E-state index is 14.1. The molecule has 4 atom stereocenters. The molecule has 0 saturated heterocycles. The summed E-state index contributed by atoms with van der Waals surface area (Å²) in [6.07, 6.45) is 40.0. The smallest absolute Gasteiger partial charge is 0.326 e. The normalized spacial score (nSPS) is 12.6.